The second kappa shape index (κ2) is 5.43. The van der Waals surface area contributed by atoms with Crippen molar-refractivity contribution in [3.05, 3.63) is 33.9 Å². The predicted molar refractivity (Wildman–Crippen MR) is 63.2 cm³/mol. The molecular weight excluding hydrogens is 222 g/mol. The molecule has 5 heteroatoms. The summed E-state index contributed by atoms with van der Waals surface area (Å²) in [6.45, 7) is 3.54. The van der Waals surface area contributed by atoms with E-state index in [1.807, 2.05) is 0 Å². The molecule has 0 saturated heterocycles. The monoisotopic (exact) mass is 237 g/mol. The van der Waals surface area contributed by atoms with Crippen LogP contribution in [0.25, 0.3) is 0 Å². The Balaban J connectivity index is 3.09. The first-order chi connectivity index (χ1) is 7.95. The van der Waals surface area contributed by atoms with Gasteiger partial charge in [-0.3, -0.25) is 14.9 Å². The van der Waals surface area contributed by atoms with E-state index in [-0.39, 0.29) is 23.8 Å². The van der Waals surface area contributed by atoms with Crippen LogP contribution in [0.5, 0.6) is 5.75 Å². The molecule has 0 fully saturated rings. The standard InChI is InChI=1S/C12H15NO4/c1-8(2)12(14)7-9-6-10(17-3)4-5-11(9)13(15)16/h4-6,8H,7H2,1-3H3. The Morgan fingerprint density at radius 2 is 2.12 bits per heavy atom. The lowest BCUT2D eigenvalue weighted by Gasteiger charge is -2.07. The molecule has 0 bridgehead atoms. The van der Waals surface area contributed by atoms with Gasteiger partial charge in [0.05, 0.1) is 12.0 Å². The van der Waals surface area contributed by atoms with Gasteiger partial charge in [-0.1, -0.05) is 13.8 Å². The highest BCUT2D eigenvalue weighted by molar-refractivity contribution is 5.83. The minimum Gasteiger partial charge on any atom is -0.497 e. The van der Waals surface area contributed by atoms with Crippen LogP contribution in [-0.2, 0) is 11.2 Å². The lowest BCUT2D eigenvalue weighted by molar-refractivity contribution is -0.385. The van der Waals surface area contributed by atoms with Crippen molar-refractivity contribution in [1.29, 1.82) is 0 Å². The van der Waals surface area contributed by atoms with Crippen molar-refractivity contribution in [2.24, 2.45) is 5.92 Å². The van der Waals surface area contributed by atoms with E-state index in [0.29, 0.717) is 11.3 Å². The highest BCUT2D eigenvalue weighted by Gasteiger charge is 2.18. The SMILES string of the molecule is COc1ccc([N+](=O)[O-])c(CC(=O)C(C)C)c1. The maximum Gasteiger partial charge on any atom is 0.273 e. The third-order valence-electron chi connectivity index (χ3n) is 2.49. The summed E-state index contributed by atoms with van der Waals surface area (Å²) in [7, 11) is 1.48. The lowest BCUT2D eigenvalue weighted by Crippen LogP contribution is -2.11. The van der Waals surface area contributed by atoms with Crippen LogP contribution in [-0.4, -0.2) is 17.8 Å². The van der Waals surface area contributed by atoms with Crippen molar-refractivity contribution in [2.75, 3.05) is 7.11 Å². The first kappa shape index (κ1) is 13.2. The van der Waals surface area contributed by atoms with Gasteiger partial charge in [-0.15, -0.1) is 0 Å². The molecule has 0 saturated carbocycles. The molecule has 0 atom stereocenters. The number of carbonyl (C=O) groups is 1. The van der Waals surface area contributed by atoms with Crippen LogP contribution in [0.4, 0.5) is 5.69 Å². The number of hydrogen-bond acceptors (Lipinski definition) is 4. The first-order valence-electron chi connectivity index (χ1n) is 5.29. The van der Waals surface area contributed by atoms with Gasteiger partial charge in [0.25, 0.3) is 5.69 Å². The Morgan fingerprint density at radius 1 is 1.47 bits per heavy atom. The number of hydrogen-bond donors (Lipinski definition) is 0. The Kier molecular flexibility index (Phi) is 4.20. The summed E-state index contributed by atoms with van der Waals surface area (Å²) in [5.41, 5.74) is 0.354. The van der Waals surface area contributed by atoms with Crippen LogP contribution in [0, 0.1) is 16.0 Å². The summed E-state index contributed by atoms with van der Waals surface area (Å²) >= 11 is 0. The number of nitro benzene ring substituents is 1. The van der Waals surface area contributed by atoms with Crippen LogP contribution in [0.3, 0.4) is 0 Å². The van der Waals surface area contributed by atoms with Gasteiger partial charge in [0.2, 0.25) is 0 Å². The zero-order valence-electron chi connectivity index (χ0n) is 10.1. The fraction of sp³-hybridized carbons (Fsp3) is 0.417. The van der Waals surface area contributed by atoms with Gasteiger partial charge in [-0.25, -0.2) is 0 Å². The zero-order chi connectivity index (χ0) is 13.0. The molecule has 0 N–H and O–H groups in total. The van der Waals surface area contributed by atoms with Gasteiger partial charge in [-0.05, 0) is 12.1 Å². The molecule has 0 radical (unpaired) electrons. The van der Waals surface area contributed by atoms with Crippen molar-refractivity contribution >= 4 is 11.5 Å². The van der Waals surface area contributed by atoms with Gasteiger partial charge in [0.15, 0.2) is 0 Å². The Labute approximate surface area is 99.5 Å². The number of nitro groups is 1. The third-order valence-corrected chi connectivity index (χ3v) is 2.49. The Bertz CT molecular complexity index is 440. The highest BCUT2D eigenvalue weighted by Crippen LogP contribution is 2.25. The van der Waals surface area contributed by atoms with E-state index in [4.69, 9.17) is 4.74 Å². The summed E-state index contributed by atoms with van der Waals surface area (Å²) in [5.74, 6) is 0.351. The van der Waals surface area contributed by atoms with Gasteiger partial charge in [0.1, 0.15) is 11.5 Å². The smallest absolute Gasteiger partial charge is 0.273 e. The number of rotatable bonds is 5. The molecule has 0 aliphatic heterocycles. The normalized spacial score (nSPS) is 10.4. The molecule has 0 aliphatic rings. The van der Waals surface area contributed by atoms with E-state index < -0.39 is 4.92 Å². The quantitative estimate of drug-likeness (QED) is 0.582. The van der Waals surface area contributed by atoms with Crippen LogP contribution in [0.15, 0.2) is 18.2 Å². The number of ketones is 1. The largest absolute Gasteiger partial charge is 0.497 e. The van der Waals surface area contributed by atoms with Crippen molar-refractivity contribution in [2.45, 2.75) is 20.3 Å². The molecule has 1 rings (SSSR count). The lowest BCUT2D eigenvalue weighted by atomic mass is 10.00. The molecule has 0 aromatic heterocycles. The third kappa shape index (κ3) is 3.27. The number of nitrogens with zero attached hydrogens (tertiary/aromatic N) is 1. The van der Waals surface area contributed by atoms with E-state index in [1.54, 1.807) is 19.9 Å². The van der Waals surface area contributed by atoms with Crippen molar-refractivity contribution in [3.8, 4) is 5.75 Å². The van der Waals surface area contributed by atoms with E-state index in [2.05, 4.69) is 0 Å². The summed E-state index contributed by atoms with van der Waals surface area (Å²) < 4.78 is 5.00. The minimum atomic E-state index is -0.484. The molecule has 0 heterocycles. The highest BCUT2D eigenvalue weighted by atomic mass is 16.6. The van der Waals surface area contributed by atoms with Crippen LogP contribution < -0.4 is 4.74 Å². The Hall–Kier alpha value is -1.91. The molecule has 1 aromatic rings. The van der Waals surface area contributed by atoms with Crippen molar-refractivity contribution in [1.82, 2.24) is 0 Å². The number of carbonyl (C=O) groups excluding carboxylic acids is 1. The molecule has 5 nitrogen and oxygen atoms in total. The molecule has 1 aromatic carbocycles. The molecule has 0 spiro atoms. The topological polar surface area (TPSA) is 69.4 Å². The van der Waals surface area contributed by atoms with E-state index >= 15 is 0 Å². The molecule has 17 heavy (non-hydrogen) atoms. The van der Waals surface area contributed by atoms with Crippen LogP contribution >= 0.6 is 0 Å². The number of benzene rings is 1. The van der Waals surface area contributed by atoms with Gasteiger partial charge < -0.3 is 4.74 Å². The summed E-state index contributed by atoms with van der Waals surface area (Å²) in [5, 5.41) is 10.8. The molecular formula is C12H15NO4. The van der Waals surface area contributed by atoms with Crippen LogP contribution in [0.1, 0.15) is 19.4 Å². The second-order valence-electron chi connectivity index (χ2n) is 4.05. The molecule has 92 valence electrons. The average Bonchev–Trinajstić information content (AvgIpc) is 2.28. The first-order valence-corrected chi connectivity index (χ1v) is 5.29. The number of methoxy groups -OCH3 is 1. The summed E-state index contributed by atoms with van der Waals surface area (Å²) in [6.07, 6.45) is 0.0607. The Morgan fingerprint density at radius 3 is 2.59 bits per heavy atom. The summed E-state index contributed by atoms with van der Waals surface area (Å²) in [6, 6.07) is 4.42. The van der Waals surface area contributed by atoms with Crippen molar-refractivity contribution in [3.63, 3.8) is 0 Å². The van der Waals surface area contributed by atoms with E-state index in [9.17, 15) is 14.9 Å². The number of ether oxygens (including phenoxy) is 1. The second-order valence-corrected chi connectivity index (χ2v) is 4.05. The fourth-order valence-corrected chi connectivity index (χ4v) is 1.40. The molecule has 0 aliphatic carbocycles. The number of Topliss-reactive ketones (excluding diaryl/α,β-unsaturated/α-hetero) is 1. The fourth-order valence-electron chi connectivity index (χ4n) is 1.40. The predicted octanol–water partition coefficient (Wildman–Crippen LogP) is 2.37. The van der Waals surface area contributed by atoms with E-state index in [1.165, 1.54) is 19.2 Å². The molecule has 0 unspecified atom stereocenters. The zero-order valence-corrected chi connectivity index (χ0v) is 10.1. The van der Waals surface area contributed by atoms with Crippen LogP contribution in [0.2, 0.25) is 0 Å². The minimum absolute atomic E-state index is 0.0265. The summed E-state index contributed by atoms with van der Waals surface area (Å²) in [4.78, 5) is 22.0. The molecule has 0 amide bonds. The van der Waals surface area contributed by atoms with E-state index in [0.717, 1.165) is 0 Å². The van der Waals surface area contributed by atoms with Gasteiger partial charge >= 0.3 is 0 Å². The maximum atomic E-state index is 11.6. The van der Waals surface area contributed by atoms with Gasteiger partial charge in [0, 0.05) is 24.0 Å². The average molecular weight is 237 g/mol. The van der Waals surface area contributed by atoms with Crippen molar-refractivity contribution < 1.29 is 14.5 Å². The maximum absolute atomic E-state index is 11.6. The van der Waals surface area contributed by atoms with Gasteiger partial charge in [-0.2, -0.15) is 0 Å².